The second kappa shape index (κ2) is 6.48. The lowest BCUT2D eigenvalue weighted by Crippen LogP contribution is -2.25. The Bertz CT molecular complexity index is 1120. The van der Waals surface area contributed by atoms with E-state index < -0.39 is 5.82 Å². The molecule has 0 amide bonds. The third-order valence-corrected chi connectivity index (χ3v) is 4.07. The van der Waals surface area contributed by atoms with Crippen LogP contribution in [0.25, 0.3) is 11.3 Å². The minimum Gasteiger partial charge on any atom is -0.487 e. The molecule has 0 N–H and O–H groups in total. The molecule has 0 bridgehead atoms. The first-order valence-corrected chi connectivity index (χ1v) is 8.16. The zero-order chi connectivity index (χ0) is 18.1. The monoisotopic (exact) mass is 349 g/mol. The fourth-order valence-electron chi connectivity index (χ4n) is 2.72. The van der Waals surface area contributed by atoms with Gasteiger partial charge in [-0.3, -0.25) is 4.57 Å². The highest BCUT2D eigenvalue weighted by Crippen LogP contribution is 2.14. The molecule has 4 aromatic rings. The zero-order valence-electron chi connectivity index (χ0n) is 14.1. The van der Waals surface area contributed by atoms with Gasteiger partial charge in [0, 0.05) is 6.20 Å². The molecular formula is C20H16FN3O2. The summed E-state index contributed by atoms with van der Waals surface area (Å²) < 4.78 is 22.6. The van der Waals surface area contributed by atoms with Crippen LogP contribution in [0.4, 0.5) is 4.39 Å². The Morgan fingerprint density at radius 3 is 2.50 bits per heavy atom. The lowest BCUT2D eigenvalue weighted by atomic mass is 10.2. The van der Waals surface area contributed by atoms with Crippen LogP contribution >= 0.6 is 0 Å². The van der Waals surface area contributed by atoms with Crippen molar-refractivity contribution in [2.45, 2.75) is 13.5 Å². The Balaban J connectivity index is 1.71. The maximum absolute atomic E-state index is 14.5. The van der Waals surface area contributed by atoms with Crippen LogP contribution in [0.1, 0.15) is 11.3 Å². The normalized spacial score (nSPS) is 11.0. The van der Waals surface area contributed by atoms with Crippen LogP contribution in [-0.4, -0.2) is 14.0 Å². The molecule has 0 saturated carbocycles. The molecule has 130 valence electrons. The predicted molar refractivity (Wildman–Crippen MR) is 96.3 cm³/mol. The van der Waals surface area contributed by atoms with Crippen molar-refractivity contribution in [3.63, 3.8) is 0 Å². The Hall–Kier alpha value is -3.41. The smallest absolute Gasteiger partial charge is 0.338 e. The zero-order valence-corrected chi connectivity index (χ0v) is 14.1. The van der Waals surface area contributed by atoms with E-state index in [1.807, 2.05) is 49.4 Å². The Kier molecular flexibility index (Phi) is 4.01. The summed E-state index contributed by atoms with van der Waals surface area (Å²) in [6.07, 6.45) is 2.67. The van der Waals surface area contributed by atoms with Crippen LogP contribution in [0.3, 0.4) is 0 Å². The lowest BCUT2D eigenvalue weighted by molar-refractivity contribution is 0.302. The highest BCUT2D eigenvalue weighted by atomic mass is 19.1. The molecule has 5 nitrogen and oxygen atoms in total. The molecule has 0 aliphatic carbocycles. The predicted octanol–water partition coefficient (Wildman–Crippen LogP) is 3.51. The van der Waals surface area contributed by atoms with Crippen molar-refractivity contribution in [2.75, 3.05) is 0 Å². The van der Waals surface area contributed by atoms with Crippen LogP contribution in [0.15, 0.2) is 71.8 Å². The maximum Gasteiger partial charge on any atom is 0.338 e. The summed E-state index contributed by atoms with van der Waals surface area (Å²) in [5, 5.41) is 0. The van der Waals surface area contributed by atoms with Gasteiger partial charge in [0.1, 0.15) is 12.4 Å². The largest absolute Gasteiger partial charge is 0.487 e. The summed E-state index contributed by atoms with van der Waals surface area (Å²) >= 11 is 0. The van der Waals surface area contributed by atoms with Crippen molar-refractivity contribution in [1.82, 2.24) is 14.0 Å². The third kappa shape index (κ3) is 2.97. The molecule has 0 aliphatic rings. The van der Waals surface area contributed by atoms with Crippen LogP contribution < -0.4 is 10.4 Å². The number of halogens is 1. The van der Waals surface area contributed by atoms with Gasteiger partial charge in [-0.15, -0.1) is 0 Å². The summed E-state index contributed by atoms with van der Waals surface area (Å²) in [4.78, 5) is 16.9. The van der Waals surface area contributed by atoms with Gasteiger partial charge >= 0.3 is 5.69 Å². The average Bonchev–Trinajstić information content (AvgIpc) is 3.10. The third-order valence-electron chi connectivity index (χ3n) is 4.07. The number of hydrogen-bond acceptors (Lipinski definition) is 3. The SMILES string of the molecule is Cc1ccc(-n2cc(F)c3nc(COc4ccccc4)cn3c2=O)cc1. The molecule has 4 rings (SSSR count). The van der Waals surface area contributed by atoms with Gasteiger partial charge in [0.15, 0.2) is 11.5 Å². The van der Waals surface area contributed by atoms with Crippen molar-refractivity contribution in [3.05, 3.63) is 94.5 Å². The number of aryl methyl sites for hydroxylation is 1. The number of benzene rings is 2. The topological polar surface area (TPSA) is 48.5 Å². The number of ether oxygens (including phenoxy) is 1. The minimum atomic E-state index is -0.573. The van der Waals surface area contributed by atoms with Gasteiger partial charge in [-0.2, -0.15) is 0 Å². The molecule has 2 aromatic carbocycles. The van der Waals surface area contributed by atoms with E-state index in [0.29, 0.717) is 17.1 Å². The number of aromatic nitrogens is 3. The number of para-hydroxylation sites is 1. The van der Waals surface area contributed by atoms with E-state index in [9.17, 15) is 9.18 Å². The first-order valence-electron chi connectivity index (χ1n) is 8.16. The first-order chi connectivity index (χ1) is 12.6. The molecule has 6 heteroatoms. The standard InChI is InChI=1S/C20H16FN3O2/c1-14-7-9-16(10-8-14)23-12-18(21)19-22-15(11-24(19)20(23)25)13-26-17-5-3-2-4-6-17/h2-12H,13H2,1H3. The second-order valence-electron chi connectivity index (χ2n) is 5.99. The molecule has 0 radical (unpaired) electrons. The summed E-state index contributed by atoms with van der Waals surface area (Å²) in [5.74, 6) is 0.109. The number of rotatable bonds is 4. The van der Waals surface area contributed by atoms with Crippen molar-refractivity contribution in [3.8, 4) is 11.4 Å². The van der Waals surface area contributed by atoms with Gasteiger partial charge in [-0.1, -0.05) is 35.9 Å². The van der Waals surface area contributed by atoms with E-state index in [-0.39, 0.29) is 17.9 Å². The Morgan fingerprint density at radius 1 is 1.04 bits per heavy atom. The number of imidazole rings is 1. The van der Waals surface area contributed by atoms with Crippen LogP contribution in [0.5, 0.6) is 5.75 Å². The second-order valence-corrected chi connectivity index (χ2v) is 5.99. The number of nitrogens with zero attached hydrogens (tertiary/aromatic N) is 3. The summed E-state index contributed by atoms with van der Waals surface area (Å²) in [6, 6.07) is 16.5. The van der Waals surface area contributed by atoms with Gasteiger partial charge in [0.25, 0.3) is 0 Å². The molecule has 0 saturated heterocycles. The van der Waals surface area contributed by atoms with E-state index in [0.717, 1.165) is 11.8 Å². The van der Waals surface area contributed by atoms with E-state index in [4.69, 9.17) is 4.74 Å². The summed E-state index contributed by atoms with van der Waals surface area (Å²) in [7, 11) is 0. The van der Waals surface area contributed by atoms with Crippen LogP contribution in [-0.2, 0) is 6.61 Å². The Morgan fingerprint density at radius 2 is 1.77 bits per heavy atom. The molecule has 0 atom stereocenters. The number of hydrogen-bond donors (Lipinski definition) is 0. The van der Waals surface area contributed by atoms with E-state index in [2.05, 4.69) is 4.98 Å². The average molecular weight is 349 g/mol. The minimum absolute atomic E-state index is 0.00924. The molecule has 2 aromatic heterocycles. The Labute approximate surface area is 148 Å². The fraction of sp³-hybridized carbons (Fsp3) is 0.100. The summed E-state index contributed by atoms with van der Waals surface area (Å²) in [6.45, 7) is 2.10. The van der Waals surface area contributed by atoms with Crippen molar-refractivity contribution in [2.24, 2.45) is 0 Å². The molecule has 2 heterocycles. The summed E-state index contributed by atoms with van der Waals surface area (Å²) in [5.41, 5.74) is 1.74. The van der Waals surface area contributed by atoms with Gasteiger partial charge < -0.3 is 4.74 Å². The maximum atomic E-state index is 14.5. The van der Waals surface area contributed by atoms with Crippen LogP contribution in [0, 0.1) is 12.7 Å². The molecule has 0 spiro atoms. The highest BCUT2D eigenvalue weighted by molar-refractivity contribution is 5.43. The van der Waals surface area contributed by atoms with Gasteiger partial charge in [0.2, 0.25) is 0 Å². The molecule has 0 fully saturated rings. The van der Waals surface area contributed by atoms with E-state index >= 15 is 0 Å². The van der Waals surface area contributed by atoms with Crippen molar-refractivity contribution < 1.29 is 9.13 Å². The van der Waals surface area contributed by atoms with Gasteiger partial charge in [-0.25, -0.2) is 18.6 Å². The molecule has 0 unspecified atom stereocenters. The van der Waals surface area contributed by atoms with Gasteiger partial charge in [0.05, 0.1) is 17.6 Å². The molecular weight excluding hydrogens is 333 g/mol. The lowest BCUT2D eigenvalue weighted by Gasteiger charge is -2.07. The van der Waals surface area contributed by atoms with Crippen molar-refractivity contribution in [1.29, 1.82) is 0 Å². The van der Waals surface area contributed by atoms with Crippen LogP contribution in [0.2, 0.25) is 0 Å². The van der Waals surface area contributed by atoms with Crippen molar-refractivity contribution >= 4 is 5.65 Å². The number of fused-ring (bicyclic) bond motifs is 1. The fourth-order valence-corrected chi connectivity index (χ4v) is 2.72. The first kappa shape index (κ1) is 16.1. The molecule has 0 aliphatic heterocycles. The molecule has 26 heavy (non-hydrogen) atoms. The van der Waals surface area contributed by atoms with Gasteiger partial charge in [-0.05, 0) is 31.2 Å². The van der Waals surface area contributed by atoms with E-state index in [1.165, 1.54) is 15.2 Å². The quantitative estimate of drug-likeness (QED) is 0.566. The van der Waals surface area contributed by atoms with E-state index in [1.54, 1.807) is 12.1 Å². The highest BCUT2D eigenvalue weighted by Gasteiger charge is 2.13.